The Balaban J connectivity index is 2.12. The maximum Gasteiger partial charge on any atom is 0.356 e. The van der Waals surface area contributed by atoms with Gasteiger partial charge in [-0.1, -0.05) is 0 Å². The summed E-state index contributed by atoms with van der Waals surface area (Å²) < 4.78 is 5.13. The second-order valence-electron chi connectivity index (χ2n) is 3.14. The Hall–Kier alpha value is -2.30. The summed E-state index contributed by atoms with van der Waals surface area (Å²) in [6, 6.07) is 6.93. The first-order valence-corrected chi connectivity index (χ1v) is 4.72. The summed E-state index contributed by atoms with van der Waals surface area (Å²) in [5.41, 5.74) is 0.487. The Labute approximate surface area is 91.7 Å². The Morgan fingerprint density at radius 3 is 3.00 bits per heavy atom. The molecule has 0 unspecified atom stereocenters. The average molecular weight is 218 g/mol. The molecule has 0 aliphatic rings. The molecule has 0 radical (unpaired) electrons. The molecular weight excluding hydrogens is 208 g/mol. The smallest absolute Gasteiger partial charge is 0.356 e. The van der Waals surface area contributed by atoms with Crippen LogP contribution < -0.4 is 5.32 Å². The molecule has 0 amide bonds. The van der Waals surface area contributed by atoms with Crippen molar-refractivity contribution in [1.82, 2.24) is 4.98 Å². The van der Waals surface area contributed by atoms with E-state index in [1.54, 1.807) is 24.5 Å². The van der Waals surface area contributed by atoms with Crippen molar-refractivity contribution in [2.45, 2.75) is 6.54 Å². The SMILES string of the molecule is O=C(O)c1ncccc1NCc1ccco1. The molecule has 0 aliphatic carbocycles. The van der Waals surface area contributed by atoms with Crippen LogP contribution in [0.1, 0.15) is 16.2 Å². The first kappa shape index (κ1) is 10.2. The number of rotatable bonds is 4. The number of pyridine rings is 1. The highest BCUT2D eigenvalue weighted by molar-refractivity contribution is 5.91. The van der Waals surface area contributed by atoms with Gasteiger partial charge in [0.1, 0.15) is 5.76 Å². The van der Waals surface area contributed by atoms with Crippen LogP contribution in [0.5, 0.6) is 0 Å². The van der Waals surface area contributed by atoms with Crippen LogP contribution in [0.3, 0.4) is 0 Å². The molecule has 2 aromatic heterocycles. The van der Waals surface area contributed by atoms with Crippen molar-refractivity contribution in [2.75, 3.05) is 5.32 Å². The van der Waals surface area contributed by atoms with E-state index in [9.17, 15) is 4.79 Å². The molecule has 5 nitrogen and oxygen atoms in total. The van der Waals surface area contributed by atoms with Gasteiger partial charge in [-0.2, -0.15) is 0 Å². The van der Waals surface area contributed by atoms with Gasteiger partial charge in [-0.3, -0.25) is 0 Å². The molecule has 5 heteroatoms. The van der Waals surface area contributed by atoms with Gasteiger partial charge in [0.2, 0.25) is 0 Å². The number of furan rings is 1. The summed E-state index contributed by atoms with van der Waals surface area (Å²) >= 11 is 0. The van der Waals surface area contributed by atoms with Crippen molar-refractivity contribution in [3.63, 3.8) is 0 Å². The Bertz CT molecular complexity index is 480. The lowest BCUT2D eigenvalue weighted by molar-refractivity contribution is 0.0691. The highest BCUT2D eigenvalue weighted by atomic mass is 16.4. The van der Waals surface area contributed by atoms with Crippen molar-refractivity contribution >= 4 is 11.7 Å². The van der Waals surface area contributed by atoms with E-state index in [4.69, 9.17) is 9.52 Å². The van der Waals surface area contributed by atoms with E-state index < -0.39 is 5.97 Å². The van der Waals surface area contributed by atoms with E-state index >= 15 is 0 Å². The van der Waals surface area contributed by atoms with Crippen LogP contribution >= 0.6 is 0 Å². The third-order valence-corrected chi connectivity index (χ3v) is 2.04. The van der Waals surface area contributed by atoms with Gasteiger partial charge in [-0.25, -0.2) is 9.78 Å². The minimum atomic E-state index is -1.05. The zero-order chi connectivity index (χ0) is 11.4. The maximum absolute atomic E-state index is 10.9. The zero-order valence-electron chi connectivity index (χ0n) is 8.38. The fraction of sp³-hybridized carbons (Fsp3) is 0.0909. The molecule has 2 N–H and O–H groups in total. The summed E-state index contributed by atoms with van der Waals surface area (Å²) in [6.45, 7) is 0.430. The Morgan fingerprint density at radius 1 is 1.44 bits per heavy atom. The van der Waals surface area contributed by atoms with Crippen LogP contribution in [-0.2, 0) is 6.54 Å². The third kappa shape index (κ3) is 2.20. The van der Waals surface area contributed by atoms with E-state index in [-0.39, 0.29) is 5.69 Å². The number of hydrogen-bond donors (Lipinski definition) is 2. The fourth-order valence-electron chi connectivity index (χ4n) is 1.31. The molecule has 0 saturated heterocycles. The third-order valence-electron chi connectivity index (χ3n) is 2.04. The Kier molecular flexibility index (Phi) is 2.86. The molecule has 2 heterocycles. The lowest BCUT2D eigenvalue weighted by Crippen LogP contribution is -2.07. The normalized spacial score (nSPS) is 10.0. The lowest BCUT2D eigenvalue weighted by atomic mass is 10.3. The molecule has 2 aromatic rings. The number of nitrogens with zero attached hydrogens (tertiary/aromatic N) is 1. The number of nitrogens with one attached hydrogen (secondary N) is 1. The van der Waals surface area contributed by atoms with Gasteiger partial charge in [-0.05, 0) is 24.3 Å². The van der Waals surface area contributed by atoms with E-state index in [1.807, 2.05) is 6.07 Å². The van der Waals surface area contributed by atoms with Gasteiger partial charge >= 0.3 is 5.97 Å². The van der Waals surface area contributed by atoms with Crippen LogP contribution in [0.15, 0.2) is 41.1 Å². The molecular formula is C11H10N2O3. The van der Waals surface area contributed by atoms with Crippen LogP contribution in [0.2, 0.25) is 0 Å². The number of aromatic nitrogens is 1. The summed E-state index contributed by atoms with van der Waals surface area (Å²) in [7, 11) is 0. The number of aromatic carboxylic acids is 1. The predicted molar refractivity (Wildman–Crippen MR) is 57.2 cm³/mol. The van der Waals surface area contributed by atoms with Crippen molar-refractivity contribution in [3.05, 3.63) is 48.2 Å². The second kappa shape index (κ2) is 4.48. The first-order valence-electron chi connectivity index (χ1n) is 4.72. The highest BCUT2D eigenvalue weighted by Gasteiger charge is 2.10. The summed E-state index contributed by atoms with van der Waals surface area (Å²) in [5, 5.41) is 11.9. The van der Waals surface area contributed by atoms with Crippen molar-refractivity contribution in [3.8, 4) is 0 Å². The molecule has 0 atom stereocenters. The summed E-state index contributed by atoms with van der Waals surface area (Å²) in [6.07, 6.45) is 3.01. The number of anilines is 1. The highest BCUT2D eigenvalue weighted by Crippen LogP contribution is 2.13. The minimum Gasteiger partial charge on any atom is -0.476 e. The summed E-state index contributed by atoms with van der Waals surface area (Å²) in [5.74, 6) is -0.317. The van der Waals surface area contributed by atoms with E-state index in [0.29, 0.717) is 12.2 Å². The second-order valence-corrected chi connectivity index (χ2v) is 3.14. The number of carboxylic acid groups (broad SMARTS) is 1. The topological polar surface area (TPSA) is 75.4 Å². The van der Waals surface area contributed by atoms with Gasteiger partial charge in [0.05, 0.1) is 18.5 Å². The monoisotopic (exact) mass is 218 g/mol. The van der Waals surface area contributed by atoms with E-state index in [2.05, 4.69) is 10.3 Å². The lowest BCUT2D eigenvalue weighted by Gasteiger charge is -2.06. The quantitative estimate of drug-likeness (QED) is 0.820. The fourth-order valence-corrected chi connectivity index (χ4v) is 1.31. The molecule has 0 spiro atoms. The molecule has 0 fully saturated rings. The Morgan fingerprint density at radius 2 is 2.31 bits per heavy atom. The van der Waals surface area contributed by atoms with Crippen LogP contribution in [0, 0.1) is 0 Å². The maximum atomic E-state index is 10.9. The van der Waals surface area contributed by atoms with Crippen LogP contribution in [0.25, 0.3) is 0 Å². The minimum absolute atomic E-state index is 0.00839. The van der Waals surface area contributed by atoms with Gasteiger partial charge in [0.25, 0.3) is 0 Å². The van der Waals surface area contributed by atoms with Crippen LogP contribution in [0.4, 0.5) is 5.69 Å². The molecule has 0 aromatic carbocycles. The predicted octanol–water partition coefficient (Wildman–Crippen LogP) is 1.98. The molecule has 16 heavy (non-hydrogen) atoms. The first-order chi connectivity index (χ1) is 7.77. The zero-order valence-corrected chi connectivity index (χ0v) is 8.38. The summed E-state index contributed by atoms with van der Waals surface area (Å²) in [4.78, 5) is 14.6. The number of carboxylic acids is 1. The average Bonchev–Trinajstić information content (AvgIpc) is 2.79. The van der Waals surface area contributed by atoms with Gasteiger partial charge in [0.15, 0.2) is 5.69 Å². The van der Waals surface area contributed by atoms with Gasteiger partial charge in [0, 0.05) is 6.20 Å². The number of carbonyl (C=O) groups is 1. The number of hydrogen-bond acceptors (Lipinski definition) is 4. The van der Waals surface area contributed by atoms with Crippen LogP contribution in [-0.4, -0.2) is 16.1 Å². The van der Waals surface area contributed by atoms with E-state index in [1.165, 1.54) is 6.20 Å². The largest absolute Gasteiger partial charge is 0.476 e. The van der Waals surface area contributed by atoms with Crippen molar-refractivity contribution in [1.29, 1.82) is 0 Å². The molecule has 0 saturated carbocycles. The molecule has 2 rings (SSSR count). The molecule has 0 aliphatic heterocycles. The standard InChI is InChI=1S/C11H10N2O3/c14-11(15)10-9(4-1-5-12-10)13-7-8-3-2-6-16-8/h1-6,13H,7H2,(H,14,15). The van der Waals surface area contributed by atoms with E-state index in [0.717, 1.165) is 5.76 Å². The van der Waals surface area contributed by atoms with Crippen molar-refractivity contribution in [2.24, 2.45) is 0 Å². The van der Waals surface area contributed by atoms with Gasteiger partial charge < -0.3 is 14.8 Å². The van der Waals surface area contributed by atoms with Crippen molar-refractivity contribution < 1.29 is 14.3 Å². The molecule has 0 bridgehead atoms. The molecule has 82 valence electrons. The van der Waals surface area contributed by atoms with Gasteiger partial charge in [-0.15, -0.1) is 0 Å².